The van der Waals surface area contributed by atoms with Crippen LogP contribution in [0.1, 0.15) is 44.7 Å². The molecule has 1 aromatic carbocycles. The molecule has 0 radical (unpaired) electrons. The molecular weight excluding hydrogens is 560 g/mol. The molecule has 3 heterocycles. The zero-order valence-corrected chi connectivity index (χ0v) is 25.1. The van der Waals surface area contributed by atoms with Crippen molar-refractivity contribution in [2.45, 2.75) is 71.9 Å². The first kappa shape index (κ1) is 33.4. The second-order valence-corrected chi connectivity index (χ2v) is 10.9. The Morgan fingerprint density at radius 1 is 1.14 bits per heavy atom. The van der Waals surface area contributed by atoms with Crippen LogP contribution in [0, 0.1) is 12.8 Å². The van der Waals surface area contributed by atoms with E-state index >= 15 is 0 Å². The molecule has 13 heteroatoms. The molecule has 0 aliphatic carbocycles. The van der Waals surface area contributed by atoms with Crippen LogP contribution in [0.25, 0.3) is 22.4 Å². The number of aromatic nitrogens is 3. The van der Waals surface area contributed by atoms with Gasteiger partial charge in [-0.25, -0.2) is 14.6 Å². The number of esters is 1. The van der Waals surface area contributed by atoms with Crippen molar-refractivity contribution in [2.75, 3.05) is 13.2 Å². The molecule has 4 N–H and O–H groups in total. The standard InChI is InChI=1S/C25H32N4O5.C5H8O4/c1-15-10-19(14-28(3)24(15)31)23-27-20-11-18(12-26-22(16(2)30)25(32)33)4-5-21(20)29(23)13-17-6-8-34-9-7-17;1-3(2)9-5(8)4(6)7/h4-5,10-11,14,16-17,22,26,30H,6-9,12-13H2,1-3H3,(H,32,33);3H,1-2H3,(H,6,7)/t16-,22+;/m1./s1. The molecule has 0 amide bonds. The van der Waals surface area contributed by atoms with Crippen molar-refractivity contribution >= 4 is 28.9 Å². The lowest BCUT2D eigenvalue weighted by Gasteiger charge is -2.23. The van der Waals surface area contributed by atoms with Crippen LogP contribution >= 0.6 is 0 Å². The second kappa shape index (κ2) is 14.9. The number of nitrogens with zero attached hydrogens (tertiary/aromatic N) is 3. The van der Waals surface area contributed by atoms with Crippen molar-refractivity contribution in [3.05, 3.63) is 51.9 Å². The summed E-state index contributed by atoms with van der Waals surface area (Å²) < 4.78 is 13.6. The molecule has 0 spiro atoms. The Morgan fingerprint density at radius 2 is 1.81 bits per heavy atom. The van der Waals surface area contributed by atoms with Gasteiger partial charge in [-0.3, -0.25) is 14.9 Å². The van der Waals surface area contributed by atoms with E-state index in [9.17, 15) is 29.4 Å². The molecule has 3 aromatic rings. The molecule has 234 valence electrons. The average Bonchev–Trinajstić information content (AvgIpc) is 3.29. The topological polar surface area (TPSA) is 182 Å². The van der Waals surface area contributed by atoms with Crippen molar-refractivity contribution in [2.24, 2.45) is 13.0 Å². The van der Waals surface area contributed by atoms with Crippen LogP contribution in [-0.4, -0.2) is 78.8 Å². The van der Waals surface area contributed by atoms with E-state index in [-0.39, 0.29) is 11.7 Å². The molecule has 0 saturated carbocycles. The first-order valence-corrected chi connectivity index (χ1v) is 14.1. The van der Waals surface area contributed by atoms with Crippen LogP contribution in [0.4, 0.5) is 0 Å². The van der Waals surface area contributed by atoms with E-state index < -0.39 is 30.1 Å². The van der Waals surface area contributed by atoms with Gasteiger partial charge in [-0.15, -0.1) is 0 Å². The summed E-state index contributed by atoms with van der Waals surface area (Å²) in [5, 5.41) is 29.9. The first-order chi connectivity index (χ1) is 20.3. The molecule has 4 rings (SSSR count). The Balaban J connectivity index is 0.000000489. The monoisotopic (exact) mass is 600 g/mol. The van der Waals surface area contributed by atoms with Gasteiger partial charge in [-0.05, 0) is 70.2 Å². The fraction of sp³-hybridized carbons (Fsp3) is 0.500. The average molecular weight is 601 g/mol. The summed E-state index contributed by atoms with van der Waals surface area (Å²) in [5.74, 6) is -2.57. The SMILES string of the molecule is CC(C)OC(=O)C(=O)O.Cc1cc(-c2nc3cc(CN[C@H](C(=O)O)[C@@H](C)O)ccc3n2CC2CCOCC2)cn(C)c1=O. The van der Waals surface area contributed by atoms with E-state index in [0.29, 0.717) is 18.0 Å². The number of carbonyl (C=O) groups excluding carboxylic acids is 1. The summed E-state index contributed by atoms with van der Waals surface area (Å²) in [6.07, 6.45) is 2.42. The molecule has 13 nitrogen and oxygen atoms in total. The normalized spacial score (nSPS) is 15.0. The minimum Gasteiger partial charge on any atom is -0.480 e. The molecule has 1 aliphatic rings. The number of hydrogen-bond acceptors (Lipinski definition) is 9. The van der Waals surface area contributed by atoms with Gasteiger partial charge in [0.2, 0.25) is 0 Å². The molecular formula is C30H40N4O9. The number of aliphatic hydroxyl groups is 1. The van der Waals surface area contributed by atoms with E-state index in [2.05, 4.69) is 14.6 Å². The lowest BCUT2D eigenvalue weighted by Crippen LogP contribution is -2.44. The number of aryl methyl sites for hydroxylation is 2. The van der Waals surface area contributed by atoms with Gasteiger partial charge in [0.15, 0.2) is 0 Å². The van der Waals surface area contributed by atoms with Gasteiger partial charge >= 0.3 is 17.9 Å². The van der Waals surface area contributed by atoms with Crippen LogP contribution in [0.3, 0.4) is 0 Å². The Bertz CT molecular complexity index is 1480. The maximum Gasteiger partial charge on any atom is 0.417 e. The zero-order valence-electron chi connectivity index (χ0n) is 25.1. The summed E-state index contributed by atoms with van der Waals surface area (Å²) in [4.78, 5) is 48.5. The number of fused-ring (bicyclic) bond motifs is 1. The van der Waals surface area contributed by atoms with Crippen LogP contribution in [-0.2, 0) is 44.0 Å². The number of carbonyl (C=O) groups is 3. The third-order valence-corrected chi connectivity index (χ3v) is 7.01. The number of imidazole rings is 1. The number of pyridine rings is 1. The smallest absolute Gasteiger partial charge is 0.417 e. The summed E-state index contributed by atoms with van der Waals surface area (Å²) in [7, 11) is 1.75. The van der Waals surface area contributed by atoms with Crippen molar-refractivity contribution in [3.8, 4) is 11.4 Å². The Hall–Kier alpha value is -4.07. The minimum atomic E-state index is -1.55. The number of hydrogen-bond donors (Lipinski definition) is 4. The number of rotatable bonds is 9. The Morgan fingerprint density at radius 3 is 2.35 bits per heavy atom. The third-order valence-electron chi connectivity index (χ3n) is 7.01. The largest absolute Gasteiger partial charge is 0.480 e. The molecule has 1 aliphatic heterocycles. The van der Waals surface area contributed by atoms with Crippen molar-refractivity contribution in [3.63, 3.8) is 0 Å². The molecule has 1 fully saturated rings. The van der Waals surface area contributed by atoms with E-state index in [1.165, 1.54) is 6.92 Å². The summed E-state index contributed by atoms with van der Waals surface area (Å²) >= 11 is 0. The number of aliphatic hydroxyl groups excluding tert-OH is 1. The molecule has 1 saturated heterocycles. The van der Waals surface area contributed by atoms with Crippen LogP contribution < -0.4 is 10.9 Å². The van der Waals surface area contributed by atoms with Gasteiger partial charge in [-0.1, -0.05) is 6.07 Å². The van der Waals surface area contributed by atoms with Crippen molar-refractivity contribution < 1.29 is 39.2 Å². The van der Waals surface area contributed by atoms with Crippen LogP contribution in [0.2, 0.25) is 0 Å². The summed E-state index contributed by atoms with van der Waals surface area (Å²) in [5.41, 5.74) is 4.17. The summed E-state index contributed by atoms with van der Waals surface area (Å²) in [6.45, 7) is 9.04. The van der Waals surface area contributed by atoms with E-state index in [4.69, 9.17) is 14.8 Å². The number of carboxylic acids is 2. The number of benzene rings is 1. The van der Waals surface area contributed by atoms with Gasteiger partial charge in [-0.2, -0.15) is 0 Å². The van der Waals surface area contributed by atoms with E-state index in [1.807, 2.05) is 37.4 Å². The quantitative estimate of drug-likeness (QED) is 0.208. The van der Waals surface area contributed by atoms with Crippen molar-refractivity contribution in [1.82, 2.24) is 19.4 Å². The Kier molecular flexibility index (Phi) is 11.6. The lowest BCUT2D eigenvalue weighted by atomic mass is 10.00. The van der Waals surface area contributed by atoms with Gasteiger partial charge in [0.05, 0.1) is 23.2 Å². The zero-order chi connectivity index (χ0) is 31.8. The third kappa shape index (κ3) is 8.96. The fourth-order valence-corrected chi connectivity index (χ4v) is 4.83. The van der Waals surface area contributed by atoms with E-state index in [1.54, 1.807) is 25.5 Å². The second-order valence-electron chi connectivity index (χ2n) is 10.9. The highest BCUT2D eigenvalue weighted by atomic mass is 16.6. The van der Waals surface area contributed by atoms with E-state index in [0.717, 1.165) is 60.6 Å². The number of nitrogens with one attached hydrogen (secondary N) is 1. The van der Waals surface area contributed by atoms with Gasteiger partial charge in [0.25, 0.3) is 5.56 Å². The van der Waals surface area contributed by atoms with Gasteiger partial charge in [0, 0.05) is 50.7 Å². The van der Waals surface area contributed by atoms with Crippen LogP contribution in [0.15, 0.2) is 35.3 Å². The highest BCUT2D eigenvalue weighted by Crippen LogP contribution is 2.29. The molecule has 0 bridgehead atoms. The maximum atomic E-state index is 12.2. The van der Waals surface area contributed by atoms with Crippen molar-refractivity contribution in [1.29, 1.82) is 0 Å². The maximum absolute atomic E-state index is 12.2. The van der Waals surface area contributed by atoms with Gasteiger partial charge in [0.1, 0.15) is 11.9 Å². The highest BCUT2D eigenvalue weighted by molar-refractivity contribution is 6.28. The number of carboxylic acid groups (broad SMARTS) is 2. The summed E-state index contributed by atoms with van der Waals surface area (Å²) in [6, 6.07) is 6.74. The van der Waals surface area contributed by atoms with Crippen LogP contribution in [0.5, 0.6) is 0 Å². The molecule has 2 atom stereocenters. The molecule has 0 unspecified atom stereocenters. The number of aliphatic carboxylic acids is 2. The minimum absolute atomic E-state index is 0.0321. The first-order valence-electron chi connectivity index (χ1n) is 14.1. The predicted octanol–water partition coefficient (Wildman–Crippen LogP) is 2.08. The lowest BCUT2D eigenvalue weighted by molar-refractivity contribution is -0.166. The molecule has 43 heavy (non-hydrogen) atoms. The fourth-order valence-electron chi connectivity index (χ4n) is 4.83. The van der Waals surface area contributed by atoms with Gasteiger partial charge < -0.3 is 33.9 Å². The highest BCUT2D eigenvalue weighted by Gasteiger charge is 2.23. The molecule has 2 aromatic heterocycles. The Labute approximate surface area is 249 Å². The number of ether oxygens (including phenoxy) is 2. The predicted molar refractivity (Wildman–Crippen MR) is 157 cm³/mol.